The summed E-state index contributed by atoms with van der Waals surface area (Å²) in [6.07, 6.45) is 1.79. The van der Waals surface area contributed by atoms with E-state index in [-0.39, 0.29) is 24.3 Å². The van der Waals surface area contributed by atoms with Gasteiger partial charge in [0.2, 0.25) is 5.91 Å². The second kappa shape index (κ2) is 10.8. The summed E-state index contributed by atoms with van der Waals surface area (Å²) in [6.45, 7) is 1.60. The minimum atomic E-state index is -0.293. The van der Waals surface area contributed by atoms with Crippen LogP contribution in [0.15, 0.2) is 79.1 Å². The van der Waals surface area contributed by atoms with Crippen LogP contribution < -0.4 is 10.6 Å². The fourth-order valence-electron chi connectivity index (χ4n) is 3.83. The highest BCUT2D eigenvalue weighted by Crippen LogP contribution is 2.20. The number of rotatable bonds is 10. The van der Waals surface area contributed by atoms with Crippen molar-refractivity contribution in [1.82, 2.24) is 20.2 Å². The Balaban J connectivity index is 1.43. The molecule has 0 bridgehead atoms. The molecule has 1 amide bonds. The summed E-state index contributed by atoms with van der Waals surface area (Å²) in [5.74, 6) is -0.414. The normalized spacial score (nSPS) is 12.1. The van der Waals surface area contributed by atoms with E-state index in [9.17, 15) is 9.18 Å². The summed E-state index contributed by atoms with van der Waals surface area (Å²) in [6, 6.07) is 21.9. The lowest BCUT2D eigenvalue weighted by Gasteiger charge is -2.20. The first-order valence-corrected chi connectivity index (χ1v) is 10.8. The lowest BCUT2D eigenvalue weighted by molar-refractivity contribution is -0.120. The Labute approximate surface area is 192 Å². The van der Waals surface area contributed by atoms with Gasteiger partial charge in [0.1, 0.15) is 5.82 Å². The SMILES string of the molecule is COCc1ccccc1CNC(=O)CNC(Cn1cnc2ccccc21)c1ccc(F)cc1. The first kappa shape index (κ1) is 22.6. The standard InChI is InChI=1S/C26H27FN4O2/c1-33-17-21-7-3-2-6-20(21)14-29-26(32)15-28-24(19-10-12-22(27)13-11-19)16-31-18-30-23-8-4-5-9-25(23)31/h2-13,18,24,28H,14-17H2,1H3,(H,29,32). The average Bonchev–Trinajstić information content (AvgIpc) is 3.25. The summed E-state index contributed by atoms with van der Waals surface area (Å²) in [5, 5.41) is 6.29. The number of nitrogens with zero attached hydrogens (tertiary/aromatic N) is 2. The maximum Gasteiger partial charge on any atom is 0.234 e. The Morgan fingerprint density at radius 2 is 1.76 bits per heavy atom. The highest BCUT2D eigenvalue weighted by Gasteiger charge is 2.16. The molecule has 1 atom stereocenters. The van der Waals surface area contributed by atoms with E-state index in [2.05, 4.69) is 15.6 Å². The van der Waals surface area contributed by atoms with E-state index in [0.717, 1.165) is 27.7 Å². The molecule has 4 rings (SSSR count). The number of carbonyl (C=O) groups excluding carboxylic acids is 1. The number of halogens is 1. The Hall–Kier alpha value is -3.55. The van der Waals surface area contributed by atoms with Crippen molar-refractivity contribution in [2.75, 3.05) is 13.7 Å². The smallest absolute Gasteiger partial charge is 0.234 e. The van der Waals surface area contributed by atoms with E-state index < -0.39 is 0 Å². The van der Waals surface area contributed by atoms with Crippen LogP contribution in [-0.2, 0) is 29.2 Å². The summed E-state index contributed by atoms with van der Waals surface area (Å²) in [5.41, 5.74) is 4.87. The van der Waals surface area contributed by atoms with Gasteiger partial charge in [-0.1, -0.05) is 48.5 Å². The molecule has 6 nitrogen and oxygen atoms in total. The Morgan fingerprint density at radius 3 is 2.55 bits per heavy atom. The van der Waals surface area contributed by atoms with Crippen molar-refractivity contribution < 1.29 is 13.9 Å². The quantitative estimate of drug-likeness (QED) is 0.387. The number of fused-ring (bicyclic) bond motifs is 1. The number of imidazole rings is 1. The number of nitrogens with one attached hydrogen (secondary N) is 2. The van der Waals surface area contributed by atoms with Gasteiger partial charge in [-0.05, 0) is 41.0 Å². The van der Waals surface area contributed by atoms with E-state index in [1.165, 1.54) is 12.1 Å². The topological polar surface area (TPSA) is 68.2 Å². The summed E-state index contributed by atoms with van der Waals surface area (Å²) < 4.78 is 20.8. The predicted molar refractivity (Wildman–Crippen MR) is 126 cm³/mol. The number of hydrogen-bond acceptors (Lipinski definition) is 4. The maximum atomic E-state index is 13.5. The second-order valence-corrected chi connectivity index (χ2v) is 7.85. The molecule has 0 aliphatic rings. The van der Waals surface area contributed by atoms with Crippen molar-refractivity contribution in [3.63, 3.8) is 0 Å². The van der Waals surface area contributed by atoms with Gasteiger partial charge >= 0.3 is 0 Å². The molecule has 0 saturated carbocycles. The van der Waals surface area contributed by atoms with Crippen LogP contribution in [0.4, 0.5) is 4.39 Å². The molecule has 0 saturated heterocycles. The van der Waals surface area contributed by atoms with Crippen LogP contribution in [0, 0.1) is 5.82 Å². The third kappa shape index (κ3) is 5.83. The second-order valence-electron chi connectivity index (χ2n) is 7.85. The molecule has 0 aliphatic carbocycles. The first-order chi connectivity index (χ1) is 16.1. The monoisotopic (exact) mass is 446 g/mol. The number of amides is 1. The maximum absolute atomic E-state index is 13.5. The van der Waals surface area contributed by atoms with E-state index >= 15 is 0 Å². The van der Waals surface area contributed by atoms with Gasteiger partial charge in [0.25, 0.3) is 0 Å². The van der Waals surface area contributed by atoms with Crippen LogP contribution in [0.3, 0.4) is 0 Å². The molecule has 3 aromatic carbocycles. The largest absolute Gasteiger partial charge is 0.380 e. The highest BCUT2D eigenvalue weighted by molar-refractivity contribution is 5.78. The Kier molecular flexibility index (Phi) is 7.44. The summed E-state index contributed by atoms with van der Waals surface area (Å²) in [4.78, 5) is 17.1. The van der Waals surface area contributed by atoms with Gasteiger partial charge in [0.05, 0.1) is 36.6 Å². The third-order valence-corrected chi connectivity index (χ3v) is 5.58. The lowest BCUT2D eigenvalue weighted by atomic mass is 10.1. The summed E-state index contributed by atoms with van der Waals surface area (Å²) in [7, 11) is 1.65. The minimum absolute atomic E-state index is 0.121. The molecule has 33 heavy (non-hydrogen) atoms. The average molecular weight is 447 g/mol. The zero-order valence-electron chi connectivity index (χ0n) is 18.5. The summed E-state index contributed by atoms with van der Waals surface area (Å²) >= 11 is 0. The van der Waals surface area contributed by atoms with Crippen molar-refractivity contribution >= 4 is 16.9 Å². The van der Waals surface area contributed by atoms with Crippen LogP contribution in [0.1, 0.15) is 22.7 Å². The van der Waals surface area contributed by atoms with E-state index in [1.54, 1.807) is 25.6 Å². The third-order valence-electron chi connectivity index (χ3n) is 5.58. The molecule has 0 aliphatic heterocycles. The minimum Gasteiger partial charge on any atom is -0.380 e. The van der Waals surface area contributed by atoms with Crippen LogP contribution in [-0.4, -0.2) is 29.1 Å². The Morgan fingerprint density at radius 1 is 1.03 bits per heavy atom. The van der Waals surface area contributed by atoms with Crippen LogP contribution >= 0.6 is 0 Å². The molecule has 170 valence electrons. The highest BCUT2D eigenvalue weighted by atomic mass is 19.1. The number of ether oxygens (including phenoxy) is 1. The number of aromatic nitrogens is 2. The fraction of sp³-hybridized carbons (Fsp3) is 0.231. The van der Waals surface area contributed by atoms with Crippen LogP contribution in [0.5, 0.6) is 0 Å². The van der Waals surface area contributed by atoms with Gasteiger partial charge in [0, 0.05) is 20.2 Å². The molecule has 7 heteroatoms. The van der Waals surface area contributed by atoms with Gasteiger partial charge in [-0.15, -0.1) is 0 Å². The molecule has 1 unspecified atom stereocenters. The zero-order valence-corrected chi connectivity index (χ0v) is 18.5. The van der Waals surface area contributed by atoms with Gasteiger partial charge < -0.3 is 14.6 Å². The molecule has 0 radical (unpaired) electrons. The lowest BCUT2D eigenvalue weighted by Crippen LogP contribution is -2.36. The molecule has 4 aromatic rings. The van der Waals surface area contributed by atoms with Crippen molar-refractivity contribution in [3.05, 3.63) is 102 Å². The number of methoxy groups -OCH3 is 1. The first-order valence-electron chi connectivity index (χ1n) is 10.8. The molecular formula is C26H27FN4O2. The molecule has 0 fully saturated rings. The van der Waals surface area contributed by atoms with Gasteiger partial charge in [-0.2, -0.15) is 0 Å². The van der Waals surface area contributed by atoms with Crippen molar-refractivity contribution in [1.29, 1.82) is 0 Å². The van der Waals surface area contributed by atoms with E-state index in [4.69, 9.17) is 4.74 Å². The van der Waals surface area contributed by atoms with Gasteiger partial charge in [-0.3, -0.25) is 10.1 Å². The predicted octanol–water partition coefficient (Wildman–Crippen LogP) is 3.97. The molecule has 1 heterocycles. The molecular weight excluding hydrogens is 419 g/mol. The van der Waals surface area contributed by atoms with Crippen molar-refractivity contribution in [2.45, 2.75) is 25.7 Å². The molecule has 2 N–H and O–H groups in total. The van der Waals surface area contributed by atoms with Gasteiger partial charge in [0.15, 0.2) is 0 Å². The van der Waals surface area contributed by atoms with Gasteiger partial charge in [-0.25, -0.2) is 9.37 Å². The zero-order chi connectivity index (χ0) is 23.0. The number of benzene rings is 3. The number of carbonyl (C=O) groups is 1. The van der Waals surface area contributed by atoms with E-state index in [0.29, 0.717) is 19.7 Å². The van der Waals surface area contributed by atoms with Crippen LogP contribution in [0.2, 0.25) is 0 Å². The molecule has 1 aromatic heterocycles. The van der Waals surface area contributed by atoms with E-state index in [1.807, 2.05) is 53.1 Å². The molecule has 0 spiro atoms. The Bertz CT molecular complexity index is 1210. The number of hydrogen-bond donors (Lipinski definition) is 2. The fourth-order valence-corrected chi connectivity index (χ4v) is 3.83. The number of para-hydroxylation sites is 2. The van der Waals surface area contributed by atoms with Crippen molar-refractivity contribution in [2.24, 2.45) is 0 Å². The van der Waals surface area contributed by atoms with Crippen molar-refractivity contribution in [3.8, 4) is 0 Å². The van der Waals surface area contributed by atoms with Crippen LogP contribution in [0.25, 0.3) is 11.0 Å².